The minimum Gasteiger partial charge on any atom is -0.862 e. The summed E-state index contributed by atoms with van der Waals surface area (Å²) in [5, 5.41) is 10.7. The van der Waals surface area contributed by atoms with Crippen molar-refractivity contribution in [2.75, 3.05) is 7.11 Å². The Balaban J connectivity index is 0.00000225. The molecule has 0 aliphatic rings. The van der Waals surface area contributed by atoms with Crippen LogP contribution in [0.5, 0.6) is 5.75 Å². The number of methoxy groups -OCH3 is 1. The molecule has 1 N–H and O–H groups in total. The zero-order chi connectivity index (χ0) is 11.4. The second-order valence-electron chi connectivity index (χ2n) is 2.72. The fraction of sp³-hybridized carbons (Fsp3) is 0.222. The fourth-order valence-corrected chi connectivity index (χ4v) is 1.60. The van der Waals surface area contributed by atoms with E-state index in [1.807, 2.05) is 0 Å². The zero-order valence-electron chi connectivity index (χ0n) is 9.26. The molecule has 16 heavy (non-hydrogen) atoms. The van der Waals surface area contributed by atoms with Crippen molar-refractivity contribution in [1.82, 2.24) is 0 Å². The number of aliphatic imine (C=N–C) groups is 1. The van der Waals surface area contributed by atoms with E-state index in [9.17, 15) is 9.32 Å². The molecule has 0 saturated heterocycles. The van der Waals surface area contributed by atoms with Crippen molar-refractivity contribution >= 4 is 22.7 Å². The molecule has 0 aliphatic heterocycles. The van der Waals surface area contributed by atoms with Gasteiger partial charge in [0.15, 0.2) is 11.1 Å². The van der Waals surface area contributed by atoms with E-state index in [-0.39, 0.29) is 62.2 Å². The maximum absolute atomic E-state index is 10.9. The quantitative estimate of drug-likeness (QED) is 0.289. The van der Waals surface area contributed by atoms with E-state index in [1.54, 1.807) is 0 Å². The van der Waals surface area contributed by atoms with Crippen LogP contribution < -0.4 is 61.2 Å². The van der Waals surface area contributed by atoms with Crippen molar-refractivity contribution in [3.63, 3.8) is 0 Å². The second kappa shape index (κ2) is 7.54. The first kappa shape index (κ1) is 16.2. The third-order valence-corrected chi connectivity index (χ3v) is 2.32. The molecule has 0 aliphatic carbocycles. The van der Waals surface area contributed by atoms with Crippen LogP contribution in [0.3, 0.4) is 0 Å². The summed E-state index contributed by atoms with van der Waals surface area (Å²) < 4.78 is 24.8. The average Bonchev–Trinajstić information content (AvgIpc) is 2.16. The molecule has 1 atom stereocenters. The third-order valence-electron chi connectivity index (χ3n) is 1.62. The van der Waals surface area contributed by atoms with Gasteiger partial charge in [0.25, 0.3) is 0 Å². The van der Waals surface area contributed by atoms with Crippen molar-refractivity contribution in [2.45, 2.75) is 11.8 Å². The molecule has 0 fully saturated rings. The van der Waals surface area contributed by atoms with Crippen LogP contribution in [-0.4, -0.2) is 21.8 Å². The standard InChI is InChI=1S/C9H11NO4S.K/c1-6(11)10-7-3-4-8(14-2)9(5-7)15(12)13;/h3-5H,1-2H3,(H,10,11)(H,12,13);/q;+1/p-1. The van der Waals surface area contributed by atoms with Crippen LogP contribution in [0, 0.1) is 0 Å². The maximum atomic E-state index is 10.9. The van der Waals surface area contributed by atoms with E-state index in [0.717, 1.165) is 0 Å². The Morgan fingerprint density at radius 3 is 2.62 bits per heavy atom. The summed E-state index contributed by atoms with van der Waals surface area (Å²) >= 11 is -2.16. The minimum atomic E-state index is -2.16. The van der Waals surface area contributed by atoms with E-state index in [1.165, 1.54) is 32.2 Å². The Morgan fingerprint density at radius 2 is 2.19 bits per heavy atom. The van der Waals surface area contributed by atoms with Gasteiger partial charge in [-0.3, -0.25) is 4.99 Å². The molecule has 5 nitrogen and oxygen atoms in total. The molecule has 0 bridgehead atoms. The normalized spacial score (nSPS) is 12.8. The molecule has 0 aromatic heterocycles. The van der Waals surface area contributed by atoms with Crippen molar-refractivity contribution < 1.29 is 70.0 Å². The molecule has 82 valence electrons. The summed E-state index contributed by atoms with van der Waals surface area (Å²) in [4.78, 5) is 3.74. The van der Waals surface area contributed by atoms with Crippen molar-refractivity contribution in [1.29, 1.82) is 0 Å². The first-order valence-corrected chi connectivity index (χ1v) is 5.16. The molecule has 0 heterocycles. The minimum absolute atomic E-state index is 0. The number of hydrogen-bond donors (Lipinski definition) is 1. The van der Waals surface area contributed by atoms with Gasteiger partial charge >= 0.3 is 51.4 Å². The number of benzene rings is 1. The number of hydrogen-bond acceptors (Lipinski definition) is 4. The molecule has 0 saturated carbocycles. The SMILES string of the molecule is COc1ccc(N=C(C)[O-])cc1S(=O)O.[K+]. The van der Waals surface area contributed by atoms with Gasteiger partial charge in [-0.15, -0.1) is 0 Å². The Kier molecular flexibility index (Phi) is 7.65. The predicted octanol–water partition coefficient (Wildman–Crippen LogP) is -2.31. The van der Waals surface area contributed by atoms with Gasteiger partial charge in [0.1, 0.15) is 10.6 Å². The first-order chi connectivity index (χ1) is 7.04. The van der Waals surface area contributed by atoms with Crippen LogP contribution >= 0.6 is 0 Å². The topological polar surface area (TPSA) is 82.0 Å². The maximum Gasteiger partial charge on any atom is 1.00 e. The van der Waals surface area contributed by atoms with E-state index in [2.05, 4.69) is 4.99 Å². The van der Waals surface area contributed by atoms with Gasteiger partial charge in [-0.2, -0.15) is 0 Å². The molecule has 1 unspecified atom stereocenters. The third kappa shape index (κ3) is 4.62. The van der Waals surface area contributed by atoms with Gasteiger partial charge in [0.05, 0.1) is 12.8 Å². The smallest absolute Gasteiger partial charge is 0.862 e. The molecule has 1 aromatic carbocycles. The Hall–Kier alpha value is 0.236. The Labute approximate surface area is 139 Å². The summed E-state index contributed by atoms with van der Waals surface area (Å²) in [7, 11) is 1.40. The van der Waals surface area contributed by atoms with Crippen LogP contribution in [0.4, 0.5) is 5.69 Å². The van der Waals surface area contributed by atoms with Crippen LogP contribution in [0.15, 0.2) is 28.1 Å². The number of ether oxygens (including phenoxy) is 1. The van der Waals surface area contributed by atoms with Crippen LogP contribution in [0.1, 0.15) is 6.92 Å². The van der Waals surface area contributed by atoms with Crippen molar-refractivity contribution in [3.05, 3.63) is 18.2 Å². The molecular formula is C9H10KNO4S. The summed E-state index contributed by atoms with van der Waals surface area (Å²) in [5.41, 5.74) is 0.334. The molecule has 7 heteroatoms. The largest absolute Gasteiger partial charge is 1.00 e. The summed E-state index contributed by atoms with van der Waals surface area (Å²) in [6.45, 7) is 1.31. The molecule has 0 amide bonds. The second-order valence-corrected chi connectivity index (χ2v) is 3.65. The molecular weight excluding hydrogens is 257 g/mol. The van der Waals surface area contributed by atoms with Crippen molar-refractivity contribution in [3.8, 4) is 5.75 Å². The summed E-state index contributed by atoms with van der Waals surface area (Å²) in [6, 6.07) is 4.37. The Morgan fingerprint density at radius 1 is 1.56 bits per heavy atom. The van der Waals surface area contributed by atoms with E-state index in [4.69, 9.17) is 9.29 Å². The number of nitrogens with zero attached hydrogens (tertiary/aromatic N) is 1. The van der Waals surface area contributed by atoms with E-state index in [0.29, 0.717) is 11.4 Å². The van der Waals surface area contributed by atoms with E-state index >= 15 is 0 Å². The zero-order valence-corrected chi connectivity index (χ0v) is 13.2. The monoisotopic (exact) mass is 267 g/mol. The molecule has 1 aromatic rings. The number of rotatable bonds is 3. The average molecular weight is 267 g/mol. The summed E-state index contributed by atoms with van der Waals surface area (Å²) in [5.74, 6) is -0.0758. The predicted molar refractivity (Wildman–Crippen MR) is 54.8 cm³/mol. The van der Waals surface area contributed by atoms with Crippen molar-refractivity contribution in [2.24, 2.45) is 4.99 Å². The molecule has 0 radical (unpaired) electrons. The van der Waals surface area contributed by atoms with Gasteiger partial charge in [0, 0.05) is 0 Å². The summed E-state index contributed by atoms with van der Waals surface area (Å²) in [6.07, 6.45) is 0. The van der Waals surface area contributed by atoms with Crippen LogP contribution in [0.25, 0.3) is 0 Å². The Bertz CT molecular complexity index is 418. The van der Waals surface area contributed by atoms with Gasteiger partial charge < -0.3 is 14.4 Å². The van der Waals surface area contributed by atoms with Gasteiger partial charge in [-0.1, -0.05) is 0 Å². The van der Waals surface area contributed by atoms with E-state index < -0.39 is 11.1 Å². The molecule has 0 spiro atoms. The van der Waals surface area contributed by atoms with Crippen LogP contribution in [-0.2, 0) is 11.1 Å². The van der Waals surface area contributed by atoms with Gasteiger partial charge in [0.2, 0.25) is 0 Å². The first-order valence-electron chi connectivity index (χ1n) is 4.06. The van der Waals surface area contributed by atoms with Crippen LogP contribution in [0.2, 0.25) is 0 Å². The van der Waals surface area contributed by atoms with Gasteiger partial charge in [-0.25, -0.2) is 4.21 Å². The van der Waals surface area contributed by atoms with Gasteiger partial charge in [-0.05, 0) is 31.0 Å². The molecule has 1 rings (SSSR count). The fourth-order valence-electron chi connectivity index (χ4n) is 1.05.